The molecule has 2 aliphatic heterocycles. The van der Waals surface area contributed by atoms with E-state index >= 15 is 0 Å². The van der Waals surface area contributed by atoms with Gasteiger partial charge in [-0.3, -0.25) is 9.80 Å². The Balaban J connectivity index is 0.00000235. The molecule has 28 heavy (non-hydrogen) atoms. The van der Waals surface area contributed by atoms with Crippen molar-refractivity contribution in [3.63, 3.8) is 0 Å². The summed E-state index contributed by atoms with van der Waals surface area (Å²) >= 11 is 1.83. The Hall–Kier alpha value is -0.336. The summed E-state index contributed by atoms with van der Waals surface area (Å²) in [6.45, 7) is 17.5. The molecule has 2 rings (SSSR count). The molecule has 2 saturated heterocycles. The van der Waals surface area contributed by atoms with E-state index in [9.17, 15) is 4.79 Å². The van der Waals surface area contributed by atoms with Gasteiger partial charge in [-0.15, -0.1) is 11.8 Å². The molecule has 0 aromatic carbocycles. The molecule has 2 heterocycles. The maximum absolute atomic E-state index is 11.8. The fourth-order valence-corrected chi connectivity index (χ4v) is 3.29. The first-order valence-corrected chi connectivity index (χ1v) is 10.8. The van der Waals surface area contributed by atoms with Gasteiger partial charge in [-0.25, -0.2) is 4.79 Å². The summed E-state index contributed by atoms with van der Waals surface area (Å²) in [5, 5.41) is 3.41. The van der Waals surface area contributed by atoms with Crippen LogP contribution in [0.25, 0.3) is 0 Å². The summed E-state index contributed by atoms with van der Waals surface area (Å²) < 4.78 is 10.3. The van der Waals surface area contributed by atoms with Crippen molar-refractivity contribution in [2.45, 2.75) is 32.9 Å². The van der Waals surface area contributed by atoms with E-state index < -0.39 is 0 Å². The van der Waals surface area contributed by atoms with Crippen molar-refractivity contribution in [1.29, 1.82) is 0 Å². The van der Waals surface area contributed by atoms with Crippen molar-refractivity contribution in [3.8, 4) is 0 Å². The average Bonchev–Trinajstić information content (AvgIpc) is 2.94. The molecule has 0 spiro atoms. The van der Waals surface area contributed by atoms with Crippen LogP contribution in [0.15, 0.2) is 36.2 Å². The first-order valence-electron chi connectivity index (χ1n) is 9.42. The number of nitrogens with zero attached hydrogens (tertiary/aromatic N) is 2. The molecular weight excluding hydrogens is 451 g/mol. The summed E-state index contributed by atoms with van der Waals surface area (Å²) in [5.41, 5.74) is 1.75. The van der Waals surface area contributed by atoms with Gasteiger partial charge in [-0.2, -0.15) is 0 Å². The summed E-state index contributed by atoms with van der Waals surface area (Å²) in [5.74, 6) is 1.02. The SMILES string of the molecule is C=C/C(=C\C=C(/C)NCCN(CSC)C1COC1)N1CC([CH2-])OC1=O.CC.[Y]. The Morgan fingerprint density at radius 1 is 1.43 bits per heavy atom. The van der Waals surface area contributed by atoms with Gasteiger partial charge in [0.2, 0.25) is 0 Å². The van der Waals surface area contributed by atoms with Crippen LogP contribution in [0.2, 0.25) is 0 Å². The van der Waals surface area contributed by atoms with Crippen LogP contribution in [-0.4, -0.2) is 73.0 Å². The molecule has 1 atom stereocenters. The predicted octanol–water partition coefficient (Wildman–Crippen LogP) is 3.25. The van der Waals surface area contributed by atoms with Crippen LogP contribution in [-0.2, 0) is 42.2 Å². The van der Waals surface area contributed by atoms with E-state index in [1.165, 1.54) is 0 Å². The monoisotopic (exact) mass is 485 g/mol. The maximum Gasteiger partial charge on any atom is 0.411 e. The van der Waals surface area contributed by atoms with Gasteiger partial charge in [0.25, 0.3) is 0 Å². The first-order chi connectivity index (χ1) is 13.0. The number of rotatable bonds is 10. The zero-order chi connectivity index (χ0) is 20.2. The number of cyclic esters (lactones) is 1. The number of thioether (sulfide) groups is 1. The minimum absolute atomic E-state index is 0. The second-order valence-corrected chi connectivity index (χ2v) is 6.95. The quantitative estimate of drug-likeness (QED) is 0.291. The molecule has 2 fully saturated rings. The number of allylic oxidation sites excluding steroid dienone is 4. The van der Waals surface area contributed by atoms with Crippen LogP contribution >= 0.6 is 11.8 Å². The topological polar surface area (TPSA) is 54.0 Å². The molecule has 1 radical (unpaired) electrons. The third-order valence-electron chi connectivity index (χ3n) is 4.13. The Morgan fingerprint density at radius 2 is 2.11 bits per heavy atom. The second-order valence-electron chi connectivity index (χ2n) is 6.11. The zero-order valence-electron chi connectivity index (χ0n) is 17.6. The van der Waals surface area contributed by atoms with E-state index in [1.54, 1.807) is 11.0 Å². The van der Waals surface area contributed by atoms with E-state index in [1.807, 2.05) is 44.7 Å². The molecular formula is C20H34N3O3SY-. The normalized spacial score (nSPS) is 20.0. The summed E-state index contributed by atoms with van der Waals surface area (Å²) in [6, 6.07) is 0.544. The molecule has 0 bridgehead atoms. The number of amides is 1. The third kappa shape index (κ3) is 8.99. The van der Waals surface area contributed by atoms with Gasteiger partial charge in [0.05, 0.1) is 19.3 Å². The third-order valence-corrected chi connectivity index (χ3v) is 4.72. The van der Waals surface area contributed by atoms with Crippen molar-refractivity contribution < 1.29 is 47.0 Å². The Morgan fingerprint density at radius 3 is 2.57 bits per heavy atom. The van der Waals surface area contributed by atoms with Crippen LogP contribution in [0.4, 0.5) is 4.79 Å². The minimum Gasteiger partial charge on any atom is -0.477 e. The molecule has 1 N–H and O–H groups in total. The predicted molar refractivity (Wildman–Crippen MR) is 113 cm³/mol. The molecule has 8 heteroatoms. The maximum atomic E-state index is 11.8. The first kappa shape index (κ1) is 27.7. The fraction of sp³-hybridized carbons (Fsp3) is 0.600. The standard InChI is InChI=1S/C18H28N3O3S.C2H6.Y/c1-5-16(21-10-15(3)24-18(21)22)7-6-14(2)19-8-9-20(13-25-4)17-11-23-12-17;1-2;/h5-7,15,17,19H,1,3,8-13H2,2,4H3;1-2H3;/q-1;;/b14-6+,16-7+;;. The van der Waals surface area contributed by atoms with Gasteiger partial charge in [0, 0.05) is 69.6 Å². The summed E-state index contributed by atoms with van der Waals surface area (Å²) in [6.07, 6.45) is 6.88. The Bertz CT molecular complexity index is 539. The van der Waals surface area contributed by atoms with Crippen molar-refractivity contribution >= 4 is 17.9 Å². The van der Waals surface area contributed by atoms with E-state index in [0.717, 1.165) is 37.9 Å². The van der Waals surface area contributed by atoms with E-state index in [0.29, 0.717) is 18.3 Å². The molecule has 0 aromatic rings. The molecule has 157 valence electrons. The largest absolute Gasteiger partial charge is 0.477 e. The van der Waals surface area contributed by atoms with Gasteiger partial charge >= 0.3 is 6.09 Å². The van der Waals surface area contributed by atoms with Gasteiger partial charge in [0.15, 0.2) is 0 Å². The number of hydrogen-bond acceptors (Lipinski definition) is 6. The van der Waals surface area contributed by atoms with Gasteiger partial charge < -0.3 is 21.7 Å². The smallest absolute Gasteiger partial charge is 0.411 e. The van der Waals surface area contributed by atoms with Crippen LogP contribution < -0.4 is 5.32 Å². The van der Waals surface area contributed by atoms with Crippen molar-refractivity contribution in [2.75, 3.05) is 45.0 Å². The van der Waals surface area contributed by atoms with E-state index in [2.05, 4.69) is 30.0 Å². The van der Waals surface area contributed by atoms with Crippen LogP contribution in [0.5, 0.6) is 0 Å². The number of carbonyl (C=O) groups excluding carboxylic acids is 1. The van der Waals surface area contributed by atoms with Crippen molar-refractivity contribution in [3.05, 3.63) is 43.1 Å². The summed E-state index contributed by atoms with van der Waals surface area (Å²) in [4.78, 5) is 15.7. The minimum atomic E-state index is -0.374. The Labute approximate surface area is 200 Å². The van der Waals surface area contributed by atoms with Crippen molar-refractivity contribution in [1.82, 2.24) is 15.1 Å². The van der Waals surface area contributed by atoms with Crippen molar-refractivity contribution in [2.24, 2.45) is 0 Å². The zero-order valence-corrected chi connectivity index (χ0v) is 21.3. The molecule has 1 amide bonds. The molecule has 0 aromatic heterocycles. The number of hydrogen-bond donors (Lipinski definition) is 1. The Kier molecular flexibility index (Phi) is 15.3. The second kappa shape index (κ2) is 15.5. The fourth-order valence-electron chi connectivity index (χ4n) is 2.62. The van der Waals surface area contributed by atoms with E-state index in [-0.39, 0.29) is 44.9 Å². The number of carbonyl (C=O) groups is 1. The van der Waals surface area contributed by atoms with Crippen LogP contribution in [0.3, 0.4) is 0 Å². The van der Waals surface area contributed by atoms with E-state index in [4.69, 9.17) is 9.47 Å². The number of ether oxygens (including phenoxy) is 2. The van der Waals surface area contributed by atoms with Crippen LogP contribution in [0, 0.1) is 6.92 Å². The average molecular weight is 485 g/mol. The van der Waals surface area contributed by atoms with Gasteiger partial charge in [-0.05, 0) is 37.5 Å². The van der Waals surface area contributed by atoms with Gasteiger partial charge in [-0.1, -0.05) is 20.4 Å². The number of nitrogens with one attached hydrogen (secondary N) is 1. The molecule has 0 aliphatic carbocycles. The molecule has 0 saturated carbocycles. The molecule has 6 nitrogen and oxygen atoms in total. The summed E-state index contributed by atoms with van der Waals surface area (Å²) in [7, 11) is 0. The van der Waals surface area contributed by atoms with Crippen LogP contribution in [0.1, 0.15) is 20.8 Å². The molecule has 1 unspecified atom stereocenters. The molecule has 2 aliphatic rings. The van der Waals surface area contributed by atoms with Gasteiger partial charge in [0.1, 0.15) is 0 Å².